The highest BCUT2D eigenvalue weighted by Crippen LogP contribution is 2.37. The minimum absolute atomic E-state index is 0.0564. The van der Waals surface area contributed by atoms with Crippen molar-refractivity contribution in [2.75, 3.05) is 0 Å². The van der Waals surface area contributed by atoms with Gasteiger partial charge in [0.2, 0.25) is 0 Å². The van der Waals surface area contributed by atoms with E-state index in [1.807, 2.05) is 30.3 Å². The molecule has 5 aromatic rings. The molecule has 0 radical (unpaired) electrons. The van der Waals surface area contributed by atoms with Crippen molar-refractivity contribution in [1.82, 2.24) is 20.3 Å². The number of aromatic hydroxyl groups is 1. The summed E-state index contributed by atoms with van der Waals surface area (Å²) in [5.74, 6) is -1.21. The first-order valence-electron chi connectivity index (χ1n) is 13.7. The topological polar surface area (TPSA) is 128 Å². The van der Waals surface area contributed by atoms with Crippen LogP contribution in [0.4, 0.5) is 0 Å². The zero-order valence-corrected chi connectivity index (χ0v) is 21.9. The zero-order valence-electron chi connectivity index (χ0n) is 21.9. The van der Waals surface area contributed by atoms with Crippen molar-refractivity contribution in [3.8, 4) is 17.0 Å². The van der Waals surface area contributed by atoms with Crippen LogP contribution < -0.4 is 5.32 Å². The fourth-order valence-electron chi connectivity index (χ4n) is 5.68. The largest absolute Gasteiger partial charge is 0.508 e. The second-order valence-electron chi connectivity index (χ2n) is 10.5. The third-order valence-corrected chi connectivity index (χ3v) is 7.77. The Morgan fingerprint density at radius 3 is 2.52 bits per heavy atom. The molecule has 202 valence electrons. The quantitative estimate of drug-likeness (QED) is 0.204. The van der Waals surface area contributed by atoms with Gasteiger partial charge in [-0.15, -0.1) is 0 Å². The SMILES string of the molecule is O=C(N[C@@H](Cc1c[nH]c2ccc(O)cc12)C(=O)O)c1ccc2nc(C3CCCCC3)c(-c3ccccc3)nc2c1. The van der Waals surface area contributed by atoms with E-state index in [9.17, 15) is 19.8 Å². The molecule has 1 saturated carbocycles. The number of phenols is 1. The van der Waals surface area contributed by atoms with Crippen LogP contribution in [0.25, 0.3) is 33.2 Å². The Labute approximate surface area is 231 Å². The van der Waals surface area contributed by atoms with Crippen molar-refractivity contribution >= 4 is 33.8 Å². The lowest BCUT2D eigenvalue weighted by Gasteiger charge is -2.23. The number of rotatable bonds is 7. The molecule has 1 aliphatic carbocycles. The fraction of sp³-hybridized carbons (Fsp3) is 0.250. The standard InChI is InChI=1S/C32H30N4O4/c37-23-12-14-25-24(17-23)22(18-33-25)16-28(32(39)40)36-31(38)21-11-13-26-27(15-21)35-30(20-9-5-2-6-10-20)29(34-26)19-7-3-1-4-8-19/h2,5-6,9-15,17-19,28,33,37H,1,3-4,7-8,16H2,(H,36,38)(H,39,40)/t28-/m0/s1. The van der Waals surface area contributed by atoms with E-state index in [-0.39, 0.29) is 12.2 Å². The first kappa shape index (κ1) is 25.6. The number of H-pyrrole nitrogens is 1. The van der Waals surface area contributed by atoms with Crippen LogP contribution in [0.1, 0.15) is 59.6 Å². The average Bonchev–Trinajstić information content (AvgIpc) is 3.38. The van der Waals surface area contributed by atoms with Crippen LogP contribution in [0.15, 0.2) is 72.9 Å². The van der Waals surface area contributed by atoms with Crippen molar-refractivity contribution in [2.45, 2.75) is 50.5 Å². The second-order valence-corrected chi connectivity index (χ2v) is 10.5. The van der Waals surface area contributed by atoms with Gasteiger partial charge in [-0.1, -0.05) is 49.6 Å². The average molecular weight is 535 g/mol. The monoisotopic (exact) mass is 534 g/mol. The highest BCUT2D eigenvalue weighted by atomic mass is 16.4. The number of carbonyl (C=O) groups excluding carboxylic acids is 1. The highest BCUT2D eigenvalue weighted by Gasteiger charge is 2.25. The zero-order chi connectivity index (χ0) is 27.6. The van der Waals surface area contributed by atoms with Crippen LogP contribution in [0, 0.1) is 0 Å². The van der Waals surface area contributed by atoms with Gasteiger partial charge < -0.3 is 20.5 Å². The first-order chi connectivity index (χ1) is 19.5. The number of aromatic amines is 1. The van der Waals surface area contributed by atoms with Crippen molar-refractivity contribution in [1.29, 1.82) is 0 Å². The molecule has 1 aliphatic rings. The van der Waals surface area contributed by atoms with Gasteiger partial charge in [-0.3, -0.25) is 4.79 Å². The van der Waals surface area contributed by atoms with Crippen LogP contribution in [0.5, 0.6) is 5.75 Å². The molecule has 8 heteroatoms. The van der Waals surface area contributed by atoms with E-state index in [1.165, 1.54) is 19.3 Å². The number of nitrogens with one attached hydrogen (secondary N) is 2. The van der Waals surface area contributed by atoms with Gasteiger partial charge in [-0.25, -0.2) is 14.8 Å². The third-order valence-electron chi connectivity index (χ3n) is 7.77. The highest BCUT2D eigenvalue weighted by molar-refractivity contribution is 5.99. The number of carboxylic acids is 1. The fourth-order valence-corrected chi connectivity index (χ4v) is 5.68. The predicted molar refractivity (Wildman–Crippen MR) is 153 cm³/mol. The van der Waals surface area contributed by atoms with E-state index in [1.54, 1.807) is 42.6 Å². The lowest BCUT2D eigenvalue weighted by atomic mass is 9.85. The molecule has 8 nitrogen and oxygen atoms in total. The summed E-state index contributed by atoms with van der Waals surface area (Å²) in [4.78, 5) is 38.5. The van der Waals surface area contributed by atoms with E-state index in [0.29, 0.717) is 33.5 Å². The molecule has 0 unspecified atom stereocenters. The van der Waals surface area contributed by atoms with Gasteiger partial charge in [0.15, 0.2) is 0 Å². The molecule has 4 N–H and O–H groups in total. The number of hydrogen-bond donors (Lipinski definition) is 4. The van der Waals surface area contributed by atoms with Gasteiger partial charge in [0.1, 0.15) is 11.8 Å². The van der Waals surface area contributed by atoms with E-state index in [2.05, 4.69) is 10.3 Å². The van der Waals surface area contributed by atoms with E-state index >= 15 is 0 Å². The Morgan fingerprint density at radius 1 is 0.950 bits per heavy atom. The Balaban J connectivity index is 1.30. The molecule has 1 amide bonds. The summed E-state index contributed by atoms with van der Waals surface area (Å²) in [6, 6.07) is 18.8. The number of fused-ring (bicyclic) bond motifs is 2. The summed E-state index contributed by atoms with van der Waals surface area (Å²) < 4.78 is 0. The molecule has 1 fully saturated rings. The van der Waals surface area contributed by atoms with E-state index < -0.39 is 17.9 Å². The summed E-state index contributed by atoms with van der Waals surface area (Å²) in [7, 11) is 0. The van der Waals surface area contributed by atoms with Crippen LogP contribution >= 0.6 is 0 Å². The van der Waals surface area contributed by atoms with E-state index in [0.717, 1.165) is 35.3 Å². The maximum atomic E-state index is 13.2. The van der Waals surface area contributed by atoms with Crippen molar-refractivity contribution in [2.24, 2.45) is 0 Å². The van der Waals surface area contributed by atoms with Gasteiger partial charge in [0, 0.05) is 40.6 Å². The Bertz CT molecular complexity index is 1710. The molecular formula is C32H30N4O4. The number of phenolic OH excluding ortho intramolecular Hbond substituents is 1. The third kappa shape index (κ3) is 5.12. The molecule has 0 aliphatic heterocycles. The predicted octanol–water partition coefficient (Wildman–Crippen LogP) is 5.96. The molecule has 3 aromatic carbocycles. The Hall–Kier alpha value is -4.72. The summed E-state index contributed by atoms with van der Waals surface area (Å²) in [5.41, 5.74) is 5.91. The number of aromatic nitrogens is 3. The molecule has 40 heavy (non-hydrogen) atoms. The van der Waals surface area contributed by atoms with Crippen LogP contribution in [-0.2, 0) is 11.2 Å². The number of nitrogens with zero attached hydrogens (tertiary/aromatic N) is 2. The number of aliphatic carboxylic acids is 1. The van der Waals surface area contributed by atoms with Crippen molar-refractivity contribution in [3.05, 3.63) is 89.7 Å². The maximum absolute atomic E-state index is 13.2. The maximum Gasteiger partial charge on any atom is 0.326 e. The first-order valence-corrected chi connectivity index (χ1v) is 13.7. The minimum Gasteiger partial charge on any atom is -0.508 e. The lowest BCUT2D eigenvalue weighted by molar-refractivity contribution is -0.139. The van der Waals surface area contributed by atoms with Crippen LogP contribution in [-0.4, -0.2) is 43.1 Å². The molecule has 0 saturated heterocycles. The smallest absolute Gasteiger partial charge is 0.326 e. The Kier molecular flexibility index (Phi) is 6.90. The van der Waals surface area contributed by atoms with Gasteiger partial charge >= 0.3 is 5.97 Å². The van der Waals surface area contributed by atoms with Gasteiger partial charge in [0.05, 0.1) is 22.4 Å². The number of hydrogen-bond acceptors (Lipinski definition) is 5. The molecule has 0 spiro atoms. The summed E-state index contributed by atoms with van der Waals surface area (Å²) in [5, 5.41) is 23.1. The van der Waals surface area contributed by atoms with Gasteiger partial charge in [0.25, 0.3) is 5.91 Å². The van der Waals surface area contributed by atoms with Crippen molar-refractivity contribution < 1.29 is 19.8 Å². The summed E-state index contributed by atoms with van der Waals surface area (Å²) >= 11 is 0. The number of benzene rings is 3. The summed E-state index contributed by atoms with van der Waals surface area (Å²) in [6.07, 6.45) is 7.55. The summed E-state index contributed by atoms with van der Waals surface area (Å²) in [6.45, 7) is 0. The molecular weight excluding hydrogens is 504 g/mol. The number of amides is 1. The normalized spacial score (nSPS) is 14.8. The number of carbonyl (C=O) groups is 2. The molecule has 1 atom stereocenters. The van der Waals surface area contributed by atoms with E-state index in [4.69, 9.17) is 9.97 Å². The van der Waals surface area contributed by atoms with Gasteiger partial charge in [-0.2, -0.15) is 0 Å². The molecule has 0 bridgehead atoms. The molecule has 2 aromatic heterocycles. The second kappa shape index (κ2) is 10.8. The lowest BCUT2D eigenvalue weighted by Crippen LogP contribution is -2.42. The number of carboxylic acid groups (broad SMARTS) is 1. The molecule has 6 rings (SSSR count). The minimum atomic E-state index is -1.16. The van der Waals surface area contributed by atoms with Crippen molar-refractivity contribution in [3.63, 3.8) is 0 Å². The Morgan fingerprint density at radius 2 is 1.75 bits per heavy atom. The van der Waals surface area contributed by atoms with Gasteiger partial charge in [-0.05, 0) is 54.8 Å². The van der Waals surface area contributed by atoms with Crippen LogP contribution in [0.2, 0.25) is 0 Å². The van der Waals surface area contributed by atoms with Crippen LogP contribution in [0.3, 0.4) is 0 Å². The molecule has 2 heterocycles.